The number of esters is 3. The number of fused-ring (bicyclic) bond motifs is 2. The number of hydrogen-bond donors (Lipinski definition) is 0. The highest BCUT2D eigenvalue weighted by Crippen LogP contribution is 2.35. The van der Waals surface area contributed by atoms with Crippen molar-refractivity contribution < 1.29 is 32.8 Å². The lowest BCUT2D eigenvalue weighted by Crippen LogP contribution is -2.30. The molecule has 7 nitrogen and oxygen atoms in total. The summed E-state index contributed by atoms with van der Waals surface area (Å²) in [5, 5.41) is 0. The summed E-state index contributed by atoms with van der Waals surface area (Å²) < 4.78 is 28.7. The maximum atomic E-state index is 13.3. The van der Waals surface area contributed by atoms with E-state index in [1.165, 1.54) is 0 Å². The van der Waals surface area contributed by atoms with E-state index in [4.69, 9.17) is 14.2 Å². The van der Waals surface area contributed by atoms with Gasteiger partial charge in [0.05, 0.1) is 36.2 Å². The molecule has 0 saturated heterocycles. The summed E-state index contributed by atoms with van der Waals surface area (Å²) in [6, 6.07) is 10.7. The van der Waals surface area contributed by atoms with Crippen LogP contribution in [-0.2, 0) is 47.4 Å². The Labute approximate surface area is 189 Å². The normalized spacial score (nSPS) is 14.3. The van der Waals surface area contributed by atoms with Gasteiger partial charge in [-0.3, -0.25) is 9.59 Å². The molecule has 0 fully saturated rings. The minimum absolute atomic E-state index is 0.0454. The van der Waals surface area contributed by atoms with Gasteiger partial charge < -0.3 is 14.2 Å². The van der Waals surface area contributed by atoms with Crippen LogP contribution in [0.5, 0.6) is 0 Å². The molecule has 1 unspecified atom stereocenters. The fraction of sp³-hybridized carbons (Fsp3) is 0.375. The Kier molecular flexibility index (Phi) is 7.80. The fourth-order valence-electron chi connectivity index (χ4n) is 3.68. The largest absolute Gasteiger partial charge is 0.465 e. The second kappa shape index (κ2) is 10.5. The van der Waals surface area contributed by atoms with E-state index in [0.29, 0.717) is 27.3 Å². The molecule has 0 saturated carbocycles. The Morgan fingerprint density at radius 1 is 0.906 bits per heavy atom. The van der Waals surface area contributed by atoms with Crippen molar-refractivity contribution in [3.05, 3.63) is 58.7 Å². The molecule has 8 heteroatoms. The van der Waals surface area contributed by atoms with Crippen molar-refractivity contribution in [3.63, 3.8) is 0 Å². The molecule has 3 rings (SSSR count). The Hall–Kier alpha value is -3.00. The molecular weight excluding hydrogens is 432 g/mol. The molecule has 1 heterocycles. The molecule has 0 bridgehead atoms. The molecule has 0 aliphatic carbocycles. The molecule has 0 spiro atoms. The van der Waals surface area contributed by atoms with E-state index in [9.17, 15) is 18.6 Å². The van der Waals surface area contributed by atoms with Crippen LogP contribution in [0.1, 0.15) is 47.8 Å². The van der Waals surface area contributed by atoms with Crippen LogP contribution in [0.4, 0.5) is 0 Å². The van der Waals surface area contributed by atoms with Crippen LogP contribution in [0.15, 0.2) is 46.2 Å². The van der Waals surface area contributed by atoms with Crippen molar-refractivity contribution >= 4 is 28.7 Å². The van der Waals surface area contributed by atoms with Gasteiger partial charge in [-0.1, -0.05) is 18.2 Å². The summed E-state index contributed by atoms with van der Waals surface area (Å²) in [7, 11) is -1.51. The second-order valence-corrected chi connectivity index (χ2v) is 8.57. The molecule has 1 atom stereocenters. The van der Waals surface area contributed by atoms with Crippen molar-refractivity contribution in [2.24, 2.45) is 5.92 Å². The van der Waals surface area contributed by atoms with Crippen LogP contribution in [0, 0.1) is 5.92 Å². The maximum Gasteiger partial charge on any atom is 0.338 e. The standard InChI is InChI=1S/C24H26O7S/c1-4-29-22(25)18-11-15(12-19(23(26)30-5-2)24(27)31-6-3)13-21-17(18)14-16-9-7-8-10-20(16)32(21)28/h7-11,13,19H,4-6,12,14H2,1-3H3. The number of rotatable bonds is 8. The lowest BCUT2D eigenvalue weighted by molar-refractivity contribution is -0.161. The molecule has 2 aromatic carbocycles. The average molecular weight is 459 g/mol. The monoisotopic (exact) mass is 458 g/mol. The minimum Gasteiger partial charge on any atom is -0.465 e. The molecule has 0 radical (unpaired) electrons. The molecule has 2 aromatic rings. The number of hydrogen-bond acceptors (Lipinski definition) is 7. The zero-order chi connectivity index (χ0) is 23.3. The zero-order valence-electron chi connectivity index (χ0n) is 18.3. The van der Waals surface area contributed by atoms with Crippen LogP contribution in [0.3, 0.4) is 0 Å². The molecule has 32 heavy (non-hydrogen) atoms. The Morgan fingerprint density at radius 2 is 1.53 bits per heavy atom. The van der Waals surface area contributed by atoms with Gasteiger partial charge in [-0.05, 0) is 62.1 Å². The summed E-state index contributed by atoms with van der Waals surface area (Å²) >= 11 is 0. The third kappa shape index (κ3) is 4.91. The number of benzene rings is 2. The predicted molar refractivity (Wildman–Crippen MR) is 117 cm³/mol. The van der Waals surface area contributed by atoms with Gasteiger partial charge in [0, 0.05) is 16.2 Å². The van der Waals surface area contributed by atoms with E-state index in [2.05, 4.69) is 0 Å². The minimum atomic E-state index is -1.51. The first-order valence-corrected chi connectivity index (χ1v) is 11.7. The second-order valence-electron chi connectivity index (χ2n) is 7.15. The zero-order valence-corrected chi connectivity index (χ0v) is 19.2. The maximum absolute atomic E-state index is 13.3. The van der Waals surface area contributed by atoms with E-state index in [0.717, 1.165) is 5.56 Å². The number of carbonyl (C=O) groups is 3. The highest BCUT2D eigenvalue weighted by molar-refractivity contribution is 7.85. The quantitative estimate of drug-likeness (QED) is 0.290. The van der Waals surface area contributed by atoms with E-state index in [1.807, 2.05) is 18.2 Å². The van der Waals surface area contributed by atoms with Crippen molar-refractivity contribution in [1.29, 1.82) is 0 Å². The molecule has 0 N–H and O–H groups in total. The van der Waals surface area contributed by atoms with Gasteiger partial charge in [0.25, 0.3) is 0 Å². The average Bonchev–Trinajstić information content (AvgIpc) is 2.78. The Morgan fingerprint density at radius 3 is 2.16 bits per heavy atom. The summed E-state index contributed by atoms with van der Waals surface area (Å²) in [5.74, 6) is -3.13. The topological polar surface area (TPSA) is 96.0 Å². The predicted octanol–water partition coefficient (Wildman–Crippen LogP) is 3.22. The van der Waals surface area contributed by atoms with Crippen LogP contribution in [0.2, 0.25) is 0 Å². The molecule has 1 aliphatic rings. The van der Waals surface area contributed by atoms with E-state index in [1.54, 1.807) is 39.0 Å². The fourth-order valence-corrected chi connectivity index (χ4v) is 5.16. The highest BCUT2D eigenvalue weighted by Gasteiger charge is 2.32. The molecule has 1 aliphatic heterocycles. The van der Waals surface area contributed by atoms with Gasteiger partial charge in [0.1, 0.15) is 0 Å². The van der Waals surface area contributed by atoms with Crippen LogP contribution in [0.25, 0.3) is 0 Å². The van der Waals surface area contributed by atoms with Gasteiger partial charge in [0.2, 0.25) is 0 Å². The third-order valence-corrected chi connectivity index (χ3v) is 6.65. The summed E-state index contributed by atoms with van der Waals surface area (Å²) in [5.41, 5.74) is 2.31. The van der Waals surface area contributed by atoms with Crippen LogP contribution >= 0.6 is 0 Å². The lowest BCUT2D eigenvalue weighted by Gasteiger charge is -2.23. The van der Waals surface area contributed by atoms with Gasteiger partial charge >= 0.3 is 17.9 Å². The smallest absolute Gasteiger partial charge is 0.338 e. The van der Waals surface area contributed by atoms with Gasteiger partial charge in [-0.15, -0.1) is 0 Å². The van der Waals surface area contributed by atoms with Crippen molar-refractivity contribution in [1.82, 2.24) is 0 Å². The van der Waals surface area contributed by atoms with Crippen molar-refractivity contribution in [3.8, 4) is 0 Å². The van der Waals surface area contributed by atoms with Crippen LogP contribution in [-0.4, -0.2) is 41.9 Å². The van der Waals surface area contributed by atoms with E-state index in [-0.39, 0.29) is 31.8 Å². The van der Waals surface area contributed by atoms with Crippen molar-refractivity contribution in [2.75, 3.05) is 19.8 Å². The first kappa shape index (κ1) is 23.7. The summed E-state index contributed by atoms with van der Waals surface area (Å²) in [6.45, 7) is 5.43. The van der Waals surface area contributed by atoms with Crippen molar-refractivity contribution in [2.45, 2.75) is 43.4 Å². The highest BCUT2D eigenvalue weighted by atomic mass is 32.2. The third-order valence-electron chi connectivity index (χ3n) is 5.09. The first-order chi connectivity index (χ1) is 15.4. The number of carbonyl (C=O) groups excluding carboxylic acids is 3. The molecule has 170 valence electrons. The van der Waals surface area contributed by atoms with E-state index < -0.39 is 34.6 Å². The number of ether oxygens (including phenoxy) is 3. The van der Waals surface area contributed by atoms with E-state index >= 15 is 0 Å². The lowest BCUT2D eigenvalue weighted by atomic mass is 9.93. The summed E-state index contributed by atoms with van der Waals surface area (Å²) in [4.78, 5) is 38.8. The van der Waals surface area contributed by atoms with Gasteiger partial charge in [0.15, 0.2) is 5.92 Å². The van der Waals surface area contributed by atoms with Gasteiger partial charge in [-0.2, -0.15) is 0 Å². The SMILES string of the molecule is CCOC(=O)c1cc(CC(C(=O)OCC)C(=O)OCC)cc2c1Cc1ccccc1S2=O. The Balaban J connectivity index is 2.07. The first-order valence-electron chi connectivity index (χ1n) is 10.6. The molecule has 0 aromatic heterocycles. The summed E-state index contributed by atoms with van der Waals surface area (Å²) in [6.07, 6.45) is 0.390. The van der Waals surface area contributed by atoms with Crippen LogP contribution < -0.4 is 0 Å². The van der Waals surface area contributed by atoms with Gasteiger partial charge in [-0.25, -0.2) is 9.00 Å². The Bertz CT molecular complexity index is 1040. The molecule has 0 amide bonds. The molecular formula is C24H26O7S.